The van der Waals surface area contributed by atoms with Crippen LogP contribution in [0.5, 0.6) is 0 Å². The maximum atomic E-state index is 13.0. The highest BCUT2D eigenvalue weighted by molar-refractivity contribution is 5.88. The Hall–Kier alpha value is -1.56. The average Bonchev–Trinajstić information content (AvgIpc) is 3.37. The van der Waals surface area contributed by atoms with Crippen molar-refractivity contribution in [2.45, 2.75) is 37.3 Å². The van der Waals surface area contributed by atoms with E-state index in [4.69, 9.17) is 4.74 Å². The first-order valence-electron chi connectivity index (χ1n) is 7.96. The van der Waals surface area contributed by atoms with Gasteiger partial charge in [-0.1, -0.05) is 18.2 Å². The minimum Gasteiger partial charge on any atom is -0.381 e. The van der Waals surface area contributed by atoms with Crippen LogP contribution < -0.4 is 5.32 Å². The topological polar surface area (TPSA) is 38.3 Å². The molecule has 1 amide bonds. The van der Waals surface area contributed by atoms with Crippen molar-refractivity contribution in [3.05, 3.63) is 35.4 Å². The van der Waals surface area contributed by atoms with E-state index in [0.717, 1.165) is 25.0 Å². The molecule has 2 fully saturated rings. The highest BCUT2D eigenvalue weighted by Gasteiger charge is 2.43. The first-order valence-corrected chi connectivity index (χ1v) is 7.96. The highest BCUT2D eigenvalue weighted by Crippen LogP contribution is 2.38. The van der Waals surface area contributed by atoms with Crippen molar-refractivity contribution in [3.63, 3.8) is 0 Å². The molecule has 1 aliphatic heterocycles. The molecule has 1 saturated carbocycles. The molecule has 6 heteroatoms. The van der Waals surface area contributed by atoms with Crippen LogP contribution in [0, 0.1) is 5.92 Å². The standard InChI is InChI=1S/C17H20F3NO2/c18-17(19,20)14-3-1-2-13(10-14)16(6-8-23-9-7-16)15(22)21-11-12-4-5-12/h1-3,10,12H,4-9,11H2,(H,21,22). The van der Waals surface area contributed by atoms with Crippen LogP contribution in [0.2, 0.25) is 0 Å². The molecule has 0 spiro atoms. The molecular formula is C17H20F3NO2. The van der Waals surface area contributed by atoms with E-state index < -0.39 is 17.2 Å². The van der Waals surface area contributed by atoms with Gasteiger partial charge in [0.1, 0.15) is 0 Å². The van der Waals surface area contributed by atoms with Crippen molar-refractivity contribution >= 4 is 5.91 Å². The van der Waals surface area contributed by atoms with E-state index in [9.17, 15) is 18.0 Å². The molecule has 1 aliphatic carbocycles. The zero-order chi connectivity index (χ0) is 16.5. The number of hydrogen-bond acceptors (Lipinski definition) is 2. The maximum absolute atomic E-state index is 13.0. The number of alkyl halides is 3. The third-order valence-electron chi connectivity index (χ3n) is 4.77. The summed E-state index contributed by atoms with van der Waals surface area (Å²) in [6.45, 7) is 1.38. The molecule has 0 atom stereocenters. The van der Waals surface area contributed by atoms with Gasteiger partial charge in [-0.05, 0) is 43.2 Å². The van der Waals surface area contributed by atoms with Crippen molar-refractivity contribution < 1.29 is 22.7 Å². The van der Waals surface area contributed by atoms with E-state index in [1.54, 1.807) is 6.07 Å². The molecule has 1 N–H and O–H groups in total. The van der Waals surface area contributed by atoms with Gasteiger partial charge in [-0.25, -0.2) is 0 Å². The van der Waals surface area contributed by atoms with Gasteiger partial charge in [0.15, 0.2) is 0 Å². The third-order valence-corrected chi connectivity index (χ3v) is 4.77. The molecule has 1 aromatic rings. The van der Waals surface area contributed by atoms with Crippen molar-refractivity contribution in [3.8, 4) is 0 Å². The third kappa shape index (κ3) is 3.52. The summed E-state index contributed by atoms with van der Waals surface area (Å²) in [6, 6.07) is 5.15. The summed E-state index contributed by atoms with van der Waals surface area (Å²) in [5.74, 6) is 0.351. The summed E-state index contributed by atoms with van der Waals surface area (Å²) in [6.07, 6.45) is -1.37. The molecule has 1 aromatic carbocycles. The number of nitrogens with one attached hydrogen (secondary N) is 1. The summed E-state index contributed by atoms with van der Waals surface area (Å²) < 4.78 is 44.3. The van der Waals surface area contributed by atoms with E-state index in [1.165, 1.54) is 6.07 Å². The number of amides is 1. The fourth-order valence-electron chi connectivity index (χ4n) is 3.09. The summed E-state index contributed by atoms with van der Waals surface area (Å²) in [7, 11) is 0. The lowest BCUT2D eigenvalue weighted by atomic mass is 9.73. The van der Waals surface area contributed by atoms with Gasteiger partial charge in [0.25, 0.3) is 0 Å². The normalized spacial score (nSPS) is 21.0. The number of ether oxygens (including phenoxy) is 1. The van der Waals surface area contributed by atoms with Crippen LogP contribution >= 0.6 is 0 Å². The molecule has 3 nitrogen and oxygen atoms in total. The molecule has 3 rings (SSSR count). The van der Waals surface area contributed by atoms with Crippen molar-refractivity contribution in [1.29, 1.82) is 0 Å². The van der Waals surface area contributed by atoms with Gasteiger partial charge in [-0.15, -0.1) is 0 Å². The first-order chi connectivity index (χ1) is 10.9. The number of benzene rings is 1. The maximum Gasteiger partial charge on any atom is 0.416 e. The number of halogens is 3. The summed E-state index contributed by atoms with van der Waals surface area (Å²) in [5.41, 5.74) is -1.20. The summed E-state index contributed by atoms with van der Waals surface area (Å²) >= 11 is 0. The molecule has 1 heterocycles. The fourth-order valence-corrected chi connectivity index (χ4v) is 3.09. The van der Waals surface area contributed by atoms with Crippen LogP contribution in [0.25, 0.3) is 0 Å². The molecule has 0 aromatic heterocycles. The smallest absolute Gasteiger partial charge is 0.381 e. The zero-order valence-electron chi connectivity index (χ0n) is 12.8. The summed E-state index contributed by atoms with van der Waals surface area (Å²) in [5, 5.41) is 2.94. The number of carbonyl (C=O) groups excluding carboxylic acids is 1. The van der Waals surface area contributed by atoms with Crippen LogP contribution in [-0.2, 0) is 21.1 Å². The molecule has 2 aliphatic rings. The van der Waals surface area contributed by atoms with Gasteiger partial charge in [0.2, 0.25) is 5.91 Å². The minimum absolute atomic E-state index is 0.174. The number of hydrogen-bond donors (Lipinski definition) is 1. The zero-order valence-corrected chi connectivity index (χ0v) is 12.8. The van der Waals surface area contributed by atoms with Gasteiger partial charge in [-0.2, -0.15) is 13.2 Å². The molecule has 1 saturated heterocycles. The SMILES string of the molecule is O=C(NCC1CC1)C1(c2cccc(C(F)(F)F)c2)CCOCC1. The van der Waals surface area contributed by atoms with Crippen molar-refractivity contribution in [1.82, 2.24) is 5.32 Å². The lowest BCUT2D eigenvalue weighted by molar-refractivity contribution is -0.138. The second-order valence-corrected chi connectivity index (χ2v) is 6.43. The molecule has 23 heavy (non-hydrogen) atoms. The van der Waals surface area contributed by atoms with Crippen molar-refractivity contribution in [2.75, 3.05) is 19.8 Å². The molecule has 0 unspecified atom stereocenters. The van der Waals surface area contributed by atoms with Gasteiger partial charge in [0.05, 0.1) is 11.0 Å². The Morgan fingerprint density at radius 2 is 1.96 bits per heavy atom. The van der Waals surface area contributed by atoms with E-state index in [0.29, 0.717) is 44.1 Å². The fraction of sp³-hybridized carbons (Fsp3) is 0.588. The largest absolute Gasteiger partial charge is 0.416 e. The van der Waals surface area contributed by atoms with Gasteiger partial charge < -0.3 is 10.1 Å². The van der Waals surface area contributed by atoms with Crippen molar-refractivity contribution in [2.24, 2.45) is 5.92 Å². The van der Waals surface area contributed by atoms with Crippen LogP contribution in [0.4, 0.5) is 13.2 Å². The molecule has 126 valence electrons. The van der Waals surface area contributed by atoms with E-state index in [2.05, 4.69) is 5.32 Å². The Morgan fingerprint density at radius 3 is 2.57 bits per heavy atom. The number of carbonyl (C=O) groups is 1. The Kier molecular flexibility index (Phi) is 4.36. The average molecular weight is 327 g/mol. The molecule has 0 bridgehead atoms. The second kappa shape index (κ2) is 6.15. The summed E-state index contributed by atoms with van der Waals surface area (Å²) in [4.78, 5) is 12.8. The Morgan fingerprint density at radius 1 is 1.26 bits per heavy atom. The monoisotopic (exact) mass is 327 g/mol. The Labute approximate surface area is 133 Å². The van der Waals surface area contributed by atoms with Crippen LogP contribution in [-0.4, -0.2) is 25.7 Å². The van der Waals surface area contributed by atoms with E-state index >= 15 is 0 Å². The Balaban J connectivity index is 1.89. The highest BCUT2D eigenvalue weighted by atomic mass is 19.4. The van der Waals surface area contributed by atoms with Gasteiger partial charge in [-0.3, -0.25) is 4.79 Å². The van der Waals surface area contributed by atoms with Gasteiger partial charge >= 0.3 is 6.18 Å². The van der Waals surface area contributed by atoms with Crippen LogP contribution in [0.1, 0.15) is 36.8 Å². The van der Waals surface area contributed by atoms with E-state index in [1.807, 2.05) is 0 Å². The van der Waals surface area contributed by atoms with Gasteiger partial charge in [0, 0.05) is 19.8 Å². The lowest BCUT2D eigenvalue weighted by Gasteiger charge is -2.36. The first kappa shape index (κ1) is 16.3. The van der Waals surface area contributed by atoms with Crippen LogP contribution in [0.15, 0.2) is 24.3 Å². The Bertz CT molecular complexity index is 575. The second-order valence-electron chi connectivity index (χ2n) is 6.43. The lowest BCUT2D eigenvalue weighted by Crippen LogP contribution is -2.48. The van der Waals surface area contributed by atoms with Crippen LogP contribution in [0.3, 0.4) is 0 Å². The quantitative estimate of drug-likeness (QED) is 0.922. The number of rotatable bonds is 4. The predicted octanol–water partition coefficient (Wildman–Crippen LogP) is 3.28. The van der Waals surface area contributed by atoms with E-state index in [-0.39, 0.29) is 5.91 Å². The molecule has 0 radical (unpaired) electrons. The molecular weight excluding hydrogens is 307 g/mol. The predicted molar refractivity (Wildman–Crippen MR) is 78.9 cm³/mol. The minimum atomic E-state index is -4.41.